The molecular formula is C14H21N3. The van der Waals surface area contributed by atoms with Crippen molar-refractivity contribution >= 4 is 5.82 Å². The molecule has 17 heavy (non-hydrogen) atoms. The smallest absolute Gasteiger partial charge is 0.129 e. The fourth-order valence-electron chi connectivity index (χ4n) is 1.99. The number of nitrogens with zero attached hydrogens (tertiary/aromatic N) is 2. The summed E-state index contributed by atoms with van der Waals surface area (Å²) in [4.78, 5) is 6.80. The maximum absolute atomic E-state index is 4.47. The molecule has 0 saturated heterocycles. The van der Waals surface area contributed by atoms with Gasteiger partial charge in [-0.1, -0.05) is 18.6 Å². The first-order chi connectivity index (χ1) is 8.29. The van der Waals surface area contributed by atoms with Gasteiger partial charge in [0.15, 0.2) is 0 Å². The number of anilines is 1. The van der Waals surface area contributed by atoms with Crippen LogP contribution in [0.2, 0.25) is 0 Å². The van der Waals surface area contributed by atoms with Gasteiger partial charge in [0.05, 0.1) is 0 Å². The lowest BCUT2D eigenvalue weighted by Gasteiger charge is -2.26. The summed E-state index contributed by atoms with van der Waals surface area (Å²) in [5, 5.41) is 3.34. The average Bonchev–Trinajstić information content (AvgIpc) is 2.37. The predicted molar refractivity (Wildman–Crippen MR) is 72.2 cm³/mol. The minimum Gasteiger partial charge on any atom is -0.353 e. The van der Waals surface area contributed by atoms with E-state index in [0.717, 1.165) is 38.4 Å². The molecule has 0 saturated carbocycles. The summed E-state index contributed by atoms with van der Waals surface area (Å²) in [6.07, 6.45) is 5.36. The molecule has 0 radical (unpaired) electrons. The van der Waals surface area contributed by atoms with E-state index in [9.17, 15) is 0 Å². The average molecular weight is 231 g/mol. The second kappa shape index (κ2) is 5.82. The van der Waals surface area contributed by atoms with E-state index < -0.39 is 0 Å². The molecule has 1 aliphatic rings. The first kappa shape index (κ1) is 12.1. The lowest BCUT2D eigenvalue weighted by Crippen LogP contribution is -2.29. The fourth-order valence-corrected chi connectivity index (χ4v) is 1.99. The first-order valence-electron chi connectivity index (χ1n) is 6.36. The molecule has 92 valence electrons. The number of hydrogen-bond donors (Lipinski definition) is 1. The third kappa shape index (κ3) is 3.30. The van der Waals surface area contributed by atoms with Gasteiger partial charge in [0.1, 0.15) is 5.82 Å². The number of nitrogens with one attached hydrogen (secondary N) is 1. The highest BCUT2D eigenvalue weighted by Crippen LogP contribution is 2.18. The second-order valence-electron chi connectivity index (χ2n) is 4.55. The van der Waals surface area contributed by atoms with Crippen LogP contribution in [0.15, 0.2) is 30.0 Å². The van der Waals surface area contributed by atoms with Crippen LogP contribution in [0.25, 0.3) is 0 Å². The summed E-state index contributed by atoms with van der Waals surface area (Å²) in [7, 11) is 0. The predicted octanol–water partition coefficient (Wildman–Crippen LogP) is 2.35. The van der Waals surface area contributed by atoms with Crippen LogP contribution in [0, 0.1) is 0 Å². The largest absolute Gasteiger partial charge is 0.353 e. The first-order valence-corrected chi connectivity index (χ1v) is 6.36. The minimum absolute atomic E-state index is 0.925. The number of aromatic nitrogens is 1. The highest BCUT2D eigenvalue weighted by molar-refractivity contribution is 5.43. The van der Waals surface area contributed by atoms with Gasteiger partial charge in [-0.15, -0.1) is 0 Å². The Kier molecular flexibility index (Phi) is 4.15. The summed E-state index contributed by atoms with van der Waals surface area (Å²) >= 11 is 0. The van der Waals surface area contributed by atoms with Crippen LogP contribution in [0.4, 0.5) is 5.82 Å². The third-order valence-corrected chi connectivity index (χ3v) is 3.15. The van der Waals surface area contributed by atoms with Gasteiger partial charge in [0, 0.05) is 25.8 Å². The molecule has 3 nitrogen and oxygen atoms in total. The topological polar surface area (TPSA) is 28.2 Å². The van der Waals surface area contributed by atoms with E-state index in [-0.39, 0.29) is 0 Å². The molecule has 1 aromatic rings. The highest BCUT2D eigenvalue weighted by Gasteiger charge is 2.11. The quantitative estimate of drug-likeness (QED) is 0.806. The van der Waals surface area contributed by atoms with E-state index in [1.54, 1.807) is 0 Å². The molecule has 1 aliphatic heterocycles. The van der Waals surface area contributed by atoms with Crippen molar-refractivity contribution in [3.63, 3.8) is 0 Å². The molecule has 0 amide bonds. The normalized spacial score (nSPS) is 15.9. The molecule has 0 aliphatic carbocycles. The zero-order valence-corrected chi connectivity index (χ0v) is 10.7. The van der Waals surface area contributed by atoms with E-state index >= 15 is 0 Å². The monoisotopic (exact) mass is 231 g/mol. The van der Waals surface area contributed by atoms with Crippen LogP contribution < -0.4 is 10.2 Å². The van der Waals surface area contributed by atoms with Gasteiger partial charge in [-0.05, 0) is 37.6 Å². The van der Waals surface area contributed by atoms with E-state index in [1.165, 1.54) is 11.1 Å². The van der Waals surface area contributed by atoms with Crippen LogP contribution in [0.1, 0.15) is 25.8 Å². The second-order valence-corrected chi connectivity index (χ2v) is 4.55. The Hall–Kier alpha value is -1.35. The molecular weight excluding hydrogens is 210 g/mol. The van der Waals surface area contributed by atoms with Crippen LogP contribution in [0.3, 0.4) is 0 Å². The zero-order chi connectivity index (χ0) is 12.1. The molecule has 3 heteroatoms. The molecule has 1 N–H and O–H groups in total. The van der Waals surface area contributed by atoms with E-state index in [4.69, 9.17) is 0 Å². The molecule has 0 unspecified atom stereocenters. The van der Waals surface area contributed by atoms with Crippen molar-refractivity contribution in [2.24, 2.45) is 0 Å². The maximum Gasteiger partial charge on any atom is 0.129 e. The molecule has 2 heterocycles. The minimum atomic E-state index is 0.925. The van der Waals surface area contributed by atoms with Gasteiger partial charge >= 0.3 is 0 Å². The van der Waals surface area contributed by atoms with Crippen molar-refractivity contribution in [2.75, 3.05) is 24.5 Å². The van der Waals surface area contributed by atoms with Crippen molar-refractivity contribution in [1.82, 2.24) is 10.3 Å². The van der Waals surface area contributed by atoms with Crippen LogP contribution in [-0.2, 0) is 6.54 Å². The van der Waals surface area contributed by atoms with Crippen molar-refractivity contribution in [3.8, 4) is 0 Å². The molecule has 0 bridgehead atoms. The summed E-state index contributed by atoms with van der Waals surface area (Å²) in [6, 6.07) is 4.27. The van der Waals surface area contributed by atoms with E-state index in [0.29, 0.717) is 0 Å². The fraction of sp³-hybridized carbons (Fsp3) is 0.500. The zero-order valence-electron chi connectivity index (χ0n) is 10.7. The maximum atomic E-state index is 4.47. The highest BCUT2D eigenvalue weighted by atomic mass is 15.2. The lowest BCUT2D eigenvalue weighted by atomic mass is 10.1. The van der Waals surface area contributed by atoms with Crippen molar-refractivity contribution in [3.05, 3.63) is 35.5 Å². The van der Waals surface area contributed by atoms with E-state index in [1.807, 2.05) is 6.20 Å². The van der Waals surface area contributed by atoms with Gasteiger partial charge in [0.2, 0.25) is 0 Å². The lowest BCUT2D eigenvalue weighted by molar-refractivity contribution is 0.722. The third-order valence-electron chi connectivity index (χ3n) is 3.15. The standard InChI is InChI=1S/C14H21N3/c1-3-15-11-13-4-7-16-14(10-13)17-8-5-12(2)6-9-17/h4-5,7,10,15H,3,6,8-9,11H2,1-2H3. The van der Waals surface area contributed by atoms with Gasteiger partial charge in [-0.25, -0.2) is 4.98 Å². The van der Waals surface area contributed by atoms with Gasteiger partial charge in [-0.2, -0.15) is 0 Å². The Bertz CT molecular complexity index is 398. The molecule has 1 aromatic heterocycles. The molecule has 2 rings (SSSR count). The van der Waals surface area contributed by atoms with Gasteiger partial charge in [0.25, 0.3) is 0 Å². The molecule has 0 atom stereocenters. The Morgan fingerprint density at radius 3 is 3.06 bits per heavy atom. The van der Waals surface area contributed by atoms with Gasteiger partial charge in [-0.3, -0.25) is 0 Å². The number of hydrogen-bond acceptors (Lipinski definition) is 3. The van der Waals surface area contributed by atoms with Crippen molar-refractivity contribution in [2.45, 2.75) is 26.8 Å². The Labute approximate surface area is 104 Å². The molecule has 0 fully saturated rings. The molecule has 0 spiro atoms. The Morgan fingerprint density at radius 2 is 2.35 bits per heavy atom. The van der Waals surface area contributed by atoms with Gasteiger partial charge < -0.3 is 10.2 Å². The summed E-state index contributed by atoms with van der Waals surface area (Å²) in [6.45, 7) is 8.33. The van der Waals surface area contributed by atoms with Crippen molar-refractivity contribution in [1.29, 1.82) is 0 Å². The number of pyridine rings is 1. The van der Waals surface area contributed by atoms with Crippen LogP contribution >= 0.6 is 0 Å². The Balaban J connectivity index is 2.05. The number of rotatable bonds is 4. The van der Waals surface area contributed by atoms with E-state index in [2.05, 4.69) is 47.3 Å². The van der Waals surface area contributed by atoms with Crippen LogP contribution in [-0.4, -0.2) is 24.6 Å². The summed E-state index contributed by atoms with van der Waals surface area (Å²) in [5.41, 5.74) is 2.80. The van der Waals surface area contributed by atoms with Crippen LogP contribution in [0.5, 0.6) is 0 Å². The summed E-state index contributed by atoms with van der Waals surface area (Å²) < 4.78 is 0. The summed E-state index contributed by atoms with van der Waals surface area (Å²) in [5.74, 6) is 1.10. The Morgan fingerprint density at radius 1 is 1.47 bits per heavy atom. The van der Waals surface area contributed by atoms with Crippen molar-refractivity contribution < 1.29 is 0 Å². The SMILES string of the molecule is CCNCc1ccnc(N2CC=C(C)CC2)c1. The molecule has 0 aromatic carbocycles.